The summed E-state index contributed by atoms with van der Waals surface area (Å²) in [5, 5.41) is 10.7. The van der Waals surface area contributed by atoms with Crippen molar-refractivity contribution in [2.45, 2.75) is 32.0 Å². The van der Waals surface area contributed by atoms with Crippen LogP contribution in [0.25, 0.3) is 11.1 Å². The van der Waals surface area contributed by atoms with Crippen molar-refractivity contribution in [2.24, 2.45) is 0 Å². The lowest BCUT2D eigenvalue weighted by atomic mass is 9.64. The Bertz CT molecular complexity index is 1720. The van der Waals surface area contributed by atoms with Crippen LogP contribution in [0.15, 0.2) is 103 Å². The molecule has 1 spiro atoms. The number of anilines is 3. The summed E-state index contributed by atoms with van der Waals surface area (Å²) in [6.07, 6.45) is -0.546. The lowest BCUT2D eigenvalue weighted by molar-refractivity contribution is 0.0337. The first-order valence-electron chi connectivity index (χ1n) is 13.7. The van der Waals surface area contributed by atoms with Crippen molar-refractivity contribution in [3.63, 3.8) is 0 Å². The van der Waals surface area contributed by atoms with Gasteiger partial charge in [-0.15, -0.1) is 0 Å². The molecule has 3 aliphatic rings. The molecule has 8 rings (SSSR count). The second kappa shape index (κ2) is 7.92. The molecule has 2 aliphatic heterocycles. The number of hydrogen-bond acceptors (Lipinski definition) is 3. The molecule has 2 heterocycles. The molecule has 3 heteroatoms. The Kier molecular flexibility index (Phi) is 4.62. The van der Waals surface area contributed by atoms with Gasteiger partial charge in [-0.25, -0.2) is 0 Å². The predicted octanol–water partition coefficient (Wildman–Crippen LogP) is 7.89. The molecule has 1 aliphatic carbocycles. The Labute approximate surface area is 229 Å². The van der Waals surface area contributed by atoms with E-state index in [9.17, 15) is 5.11 Å². The molecule has 1 N–H and O–H groups in total. The quantitative estimate of drug-likeness (QED) is 0.245. The zero-order valence-electron chi connectivity index (χ0n) is 22.4. The van der Waals surface area contributed by atoms with Gasteiger partial charge >= 0.3 is 0 Å². The average molecular weight is 507 g/mol. The molecule has 39 heavy (non-hydrogen) atoms. The second-order valence-corrected chi connectivity index (χ2v) is 11.4. The number of hydrogen-bond donors (Lipinski definition) is 1. The van der Waals surface area contributed by atoms with Gasteiger partial charge in [-0.2, -0.15) is 0 Å². The van der Waals surface area contributed by atoms with Gasteiger partial charge in [0.2, 0.25) is 0 Å². The van der Waals surface area contributed by atoms with E-state index in [0.717, 1.165) is 17.8 Å². The van der Waals surface area contributed by atoms with E-state index in [1.807, 2.05) is 11.9 Å². The summed E-state index contributed by atoms with van der Waals surface area (Å²) in [7, 11) is 1.97. The van der Waals surface area contributed by atoms with Crippen molar-refractivity contribution >= 4 is 17.1 Å². The van der Waals surface area contributed by atoms with E-state index >= 15 is 0 Å². The van der Waals surface area contributed by atoms with Crippen LogP contribution in [0.4, 0.5) is 17.1 Å². The van der Waals surface area contributed by atoms with Gasteiger partial charge in [0.25, 0.3) is 0 Å². The van der Waals surface area contributed by atoms with Gasteiger partial charge < -0.3 is 10.0 Å². The Morgan fingerprint density at radius 2 is 1.23 bits per heavy atom. The molecule has 190 valence electrons. The summed E-state index contributed by atoms with van der Waals surface area (Å²) >= 11 is 0. The van der Waals surface area contributed by atoms with Gasteiger partial charge in [0, 0.05) is 12.2 Å². The Morgan fingerprint density at radius 3 is 1.82 bits per heavy atom. The predicted molar refractivity (Wildman–Crippen MR) is 158 cm³/mol. The molecule has 0 fully saturated rings. The van der Waals surface area contributed by atoms with Crippen molar-refractivity contribution in [1.82, 2.24) is 4.90 Å². The van der Waals surface area contributed by atoms with Crippen molar-refractivity contribution in [3.05, 3.63) is 148 Å². The molecule has 5 aromatic carbocycles. The third-order valence-corrected chi connectivity index (χ3v) is 9.05. The fraction of sp³-hybridized carbons (Fsp3) is 0.167. The summed E-state index contributed by atoms with van der Waals surface area (Å²) in [5.41, 5.74) is 15.8. The first-order chi connectivity index (χ1) is 19.0. The highest BCUT2D eigenvalue weighted by Crippen LogP contribution is 2.63. The molecule has 1 atom stereocenters. The van der Waals surface area contributed by atoms with Crippen LogP contribution in [0, 0.1) is 13.8 Å². The zero-order valence-corrected chi connectivity index (χ0v) is 22.4. The van der Waals surface area contributed by atoms with Gasteiger partial charge in [0.05, 0.1) is 16.8 Å². The maximum Gasteiger partial charge on any atom is 0.133 e. The third-order valence-electron chi connectivity index (χ3n) is 9.05. The fourth-order valence-corrected chi connectivity index (χ4v) is 7.37. The molecule has 0 saturated heterocycles. The molecular weight excluding hydrogens is 476 g/mol. The number of aryl methyl sites for hydroxylation is 2. The first kappa shape index (κ1) is 22.8. The van der Waals surface area contributed by atoms with Gasteiger partial charge in [0.15, 0.2) is 0 Å². The van der Waals surface area contributed by atoms with Crippen LogP contribution in [0.5, 0.6) is 0 Å². The number of aliphatic hydroxyl groups excluding tert-OH is 1. The number of benzene rings is 5. The van der Waals surface area contributed by atoms with Crippen LogP contribution in [-0.2, 0) is 12.0 Å². The molecule has 1 unspecified atom stereocenters. The van der Waals surface area contributed by atoms with E-state index < -0.39 is 11.6 Å². The van der Waals surface area contributed by atoms with Crippen LogP contribution in [-0.4, -0.2) is 17.1 Å². The molecule has 5 aromatic rings. The lowest BCUT2D eigenvalue weighted by Crippen LogP contribution is -2.36. The fourth-order valence-electron chi connectivity index (χ4n) is 7.37. The summed E-state index contributed by atoms with van der Waals surface area (Å²) in [4.78, 5) is 4.42. The number of fused-ring (bicyclic) bond motifs is 10. The van der Waals surface area contributed by atoms with E-state index in [-0.39, 0.29) is 0 Å². The summed E-state index contributed by atoms with van der Waals surface area (Å²) in [6, 6.07) is 38.3. The highest BCUT2D eigenvalue weighted by Gasteiger charge is 2.51. The average Bonchev–Trinajstić information content (AvgIpc) is 3.41. The van der Waals surface area contributed by atoms with Crippen molar-refractivity contribution in [2.75, 3.05) is 11.9 Å². The minimum Gasteiger partial charge on any atom is -0.374 e. The van der Waals surface area contributed by atoms with Gasteiger partial charge in [-0.3, -0.25) is 4.90 Å². The second-order valence-electron chi connectivity index (χ2n) is 11.4. The monoisotopic (exact) mass is 506 g/mol. The Hall–Kier alpha value is -4.18. The van der Waals surface area contributed by atoms with Crippen molar-refractivity contribution < 1.29 is 5.11 Å². The number of rotatable bonds is 1. The Balaban J connectivity index is 1.49. The lowest BCUT2D eigenvalue weighted by Gasteiger charge is -2.45. The minimum absolute atomic E-state index is 0.403. The first-order valence-corrected chi connectivity index (χ1v) is 13.7. The van der Waals surface area contributed by atoms with Crippen LogP contribution in [0.1, 0.15) is 50.7 Å². The molecule has 0 bridgehead atoms. The van der Waals surface area contributed by atoms with Crippen LogP contribution in [0.2, 0.25) is 0 Å². The maximum atomic E-state index is 10.7. The molecule has 0 radical (unpaired) electrons. The minimum atomic E-state index is -0.546. The zero-order chi connectivity index (χ0) is 26.5. The highest BCUT2D eigenvalue weighted by molar-refractivity contribution is 5.96. The van der Waals surface area contributed by atoms with E-state index in [1.54, 1.807) is 0 Å². The molecule has 0 saturated carbocycles. The normalized spacial score (nSPS) is 17.9. The number of nitrogens with zero attached hydrogens (tertiary/aromatic N) is 2. The largest absolute Gasteiger partial charge is 0.374 e. The smallest absolute Gasteiger partial charge is 0.133 e. The van der Waals surface area contributed by atoms with Crippen LogP contribution < -0.4 is 4.90 Å². The SMILES string of the molecule is Cc1ccc2c(c1)C1(c3ccccc3-c3ccccc31)c1cc(C)ccc1N2c1ccc2c(c1)CN(C)C2O. The molecule has 0 amide bonds. The van der Waals surface area contributed by atoms with E-state index in [1.165, 1.54) is 61.4 Å². The van der Waals surface area contributed by atoms with Gasteiger partial charge in [-0.1, -0.05) is 90.0 Å². The highest BCUT2D eigenvalue weighted by atomic mass is 16.3. The topological polar surface area (TPSA) is 26.7 Å². The molecule has 3 nitrogen and oxygen atoms in total. The Morgan fingerprint density at radius 1 is 0.667 bits per heavy atom. The van der Waals surface area contributed by atoms with E-state index in [0.29, 0.717) is 0 Å². The van der Waals surface area contributed by atoms with E-state index in [2.05, 4.69) is 122 Å². The molecule has 0 aromatic heterocycles. The van der Waals surface area contributed by atoms with Crippen LogP contribution >= 0.6 is 0 Å². The van der Waals surface area contributed by atoms with Gasteiger partial charge in [0.1, 0.15) is 6.23 Å². The van der Waals surface area contributed by atoms with Crippen molar-refractivity contribution in [1.29, 1.82) is 0 Å². The maximum absolute atomic E-state index is 10.7. The summed E-state index contributed by atoms with van der Waals surface area (Å²) < 4.78 is 0. The summed E-state index contributed by atoms with van der Waals surface area (Å²) in [5.74, 6) is 0. The summed E-state index contributed by atoms with van der Waals surface area (Å²) in [6.45, 7) is 5.14. The molecular formula is C36H30N2O. The van der Waals surface area contributed by atoms with Gasteiger partial charge in [-0.05, 0) is 89.7 Å². The third kappa shape index (κ3) is 2.89. The standard InChI is InChI=1S/C36H30N2O/c1-22-12-16-33-31(18-22)36(29-10-6-4-8-27(29)28-9-5-7-11-30(28)36)32-19-23(2)13-17-34(32)38(33)25-14-15-26-24(20-25)21-37(3)35(26)39/h4-20,35,39H,21H2,1-3H3. The number of aliphatic hydroxyl groups is 1. The van der Waals surface area contributed by atoms with Crippen molar-refractivity contribution in [3.8, 4) is 11.1 Å². The van der Waals surface area contributed by atoms with E-state index in [4.69, 9.17) is 0 Å². The van der Waals surface area contributed by atoms with Crippen LogP contribution in [0.3, 0.4) is 0 Å².